The van der Waals surface area contributed by atoms with Crippen molar-refractivity contribution < 1.29 is 9.59 Å². The summed E-state index contributed by atoms with van der Waals surface area (Å²) in [7, 11) is 0. The van der Waals surface area contributed by atoms with Crippen molar-refractivity contribution in [2.75, 3.05) is 31.5 Å². The van der Waals surface area contributed by atoms with E-state index in [2.05, 4.69) is 41.3 Å². The Kier molecular flexibility index (Phi) is 8.45. The number of carbonyl (C=O) groups excluding carboxylic acids is 2. The van der Waals surface area contributed by atoms with Crippen LogP contribution in [0.2, 0.25) is 5.02 Å². The lowest BCUT2D eigenvalue weighted by Crippen LogP contribution is -2.48. The number of aromatic nitrogens is 3. The summed E-state index contributed by atoms with van der Waals surface area (Å²) in [6.45, 7) is 3.43. The van der Waals surface area contributed by atoms with Gasteiger partial charge in [-0.05, 0) is 67.9 Å². The van der Waals surface area contributed by atoms with E-state index in [-0.39, 0.29) is 0 Å². The summed E-state index contributed by atoms with van der Waals surface area (Å²) in [6, 6.07) is 14.4. The van der Waals surface area contributed by atoms with Crippen molar-refractivity contribution in [3.8, 4) is 11.1 Å². The SMILES string of the molecule is O=C(NCCN1CCCCC1)NNC(=O)c1cncc(-c2ccc3ncnc(Nc4cccc(Cl)c4)c3c2)c1. The number of pyridine rings is 1. The van der Waals surface area contributed by atoms with Gasteiger partial charge in [0, 0.05) is 47.1 Å². The van der Waals surface area contributed by atoms with Gasteiger partial charge >= 0.3 is 6.03 Å². The minimum Gasteiger partial charge on any atom is -0.340 e. The second-order valence-corrected chi connectivity index (χ2v) is 9.73. The molecule has 4 N–H and O–H groups in total. The Balaban J connectivity index is 1.24. The number of anilines is 2. The van der Waals surface area contributed by atoms with E-state index < -0.39 is 11.9 Å². The fraction of sp³-hybridized carbons (Fsp3) is 0.250. The molecule has 1 aliphatic heterocycles. The topological polar surface area (TPSA) is 124 Å². The van der Waals surface area contributed by atoms with Crippen LogP contribution in [0.25, 0.3) is 22.0 Å². The molecule has 1 aliphatic rings. The number of fused-ring (bicyclic) bond motifs is 1. The van der Waals surface area contributed by atoms with Crippen LogP contribution in [0.1, 0.15) is 29.6 Å². The maximum Gasteiger partial charge on any atom is 0.333 e. The summed E-state index contributed by atoms with van der Waals surface area (Å²) in [4.78, 5) is 40.2. The number of halogens is 1. The number of hydrazine groups is 1. The second kappa shape index (κ2) is 12.5. The maximum atomic E-state index is 12.7. The van der Waals surface area contributed by atoms with Gasteiger partial charge in [-0.2, -0.15) is 0 Å². The molecule has 0 spiro atoms. The van der Waals surface area contributed by atoms with E-state index in [0.29, 0.717) is 22.9 Å². The predicted molar refractivity (Wildman–Crippen MR) is 152 cm³/mol. The standard InChI is InChI=1S/C28H29ClN8O2/c29-22-5-4-6-23(15-22)34-26-24-14-19(7-8-25(24)32-18-33-26)20-13-21(17-30-16-20)27(38)35-36-28(39)31-9-12-37-10-2-1-3-11-37/h4-8,13-18H,1-3,9-12H2,(H,35,38)(H2,31,36,39)(H,32,33,34). The molecule has 2 aromatic carbocycles. The molecule has 39 heavy (non-hydrogen) atoms. The van der Waals surface area contributed by atoms with E-state index in [1.165, 1.54) is 31.8 Å². The summed E-state index contributed by atoms with van der Waals surface area (Å²) in [5.41, 5.74) is 8.28. The first-order valence-electron chi connectivity index (χ1n) is 12.8. The third kappa shape index (κ3) is 6.98. The number of carbonyl (C=O) groups is 2. The normalized spacial score (nSPS) is 13.6. The van der Waals surface area contributed by atoms with Crippen LogP contribution in [0.5, 0.6) is 0 Å². The summed E-state index contributed by atoms with van der Waals surface area (Å²) in [6.07, 6.45) is 8.28. The highest BCUT2D eigenvalue weighted by atomic mass is 35.5. The van der Waals surface area contributed by atoms with Crippen molar-refractivity contribution in [2.45, 2.75) is 19.3 Å². The molecule has 1 fully saturated rings. The summed E-state index contributed by atoms with van der Waals surface area (Å²) in [5.74, 6) is 0.157. The Morgan fingerprint density at radius 3 is 2.64 bits per heavy atom. The van der Waals surface area contributed by atoms with E-state index in [4.69, 9.17) is 11.6 Å². The zero-order valence-electron chi connectivity index (χ0n) is 21.3. The van der Waals surface area contributed by atoms with Crippen LogP contribution in [-0.2, 0) is 0 Å². The highest BCUT2D eigenvalue weighted by Gasteiger charge is 2.13. The number of rotatable bonds is 7. The van der Waals surface area contributed by atoms with Gasteiger partial charge in [0.1, 0.15) is 12.1 Å². The van der Waals surface area contributed by atoms with Crippen LogP contribution in [0, 0.1) is 0 Å². The number of amides is 3. The first-order chi connectivity index (χ1) is 19.0. The average molecular weight is 545 g/mol. The van der Waals surface area contributed by atoms with Crippen LogP contribution in [0.3, 0.4) is 0 Å². The van der Waals surface area contributed by atoms with Gasteiger partial charge in [0.25, 0.3) is 5.91 Å². The molecular formula is C28H29ClN8O2. The Bertz CT molecular complexity index is 1480. The van der Waals surface area contributed by atoms with E-state index >= 15 is 0 Å². The molecule has 3 heterocycles. The quantitative estimate of drug-likeness (QED) is 0.252. The van der Waals surface area contributed by atoms with Crippen molar-refractivity contribution in [1.82, 2.24) is 36.0 Å². The highest BCUT2D eigenvalue weighted by molar-refractivity contribution is 6.30. The lowest BCUT2D eigenvalue weighted by molar-refractivity contribution is 0.0935. The van der Waals surface area contributed by atoms with E-state index in [1.807, 2.05) is 36.4 Å². The van der Waals surface area contributed by atoms with E-state index in [9.17, 15) is 9.59 Å². The lowest BCUT2D eigenvalue weighted by Gasteiger charge is -2.26. The number of hydrogen-bond acceptors (Lipinski definition) is 7. The fourth-order valence-corrected chi connectivity index (χ4v) is 4.69. The van der Waals surface area contributed by atoms with Gasteiger partial charge in [-0.3, -0.25) is 15.2 Å². The average Bonchev–Trinajstić information content (AvgIpc) is 2.96. The minimum absolute atomic E-state index is 0.308. The number of benzene rings is 2. The van der Waals surface area contributed by atoms with E-state index in [1.54, 1.807) is 18.3 Å². The molecule has 0 bridgehead atoms. The molecule has 0 saturated carbocycles. The molecule has 0 radical (unpaired) electrons. The zero-order valence-corrected chi connectivity index (χ0v) is 22.0. The molecule has 0 atom stereocenters. The van der Waals surface area contributed by atoms with Crippen molar-refractivity contribution in [2.24, 2.45) is 0 Å². The van der Waals surface area contributed by atoms with Gasteiger partial charge in [-0.25, -0.2) is 20.2 Å². The third-order valence-corrected chi connectivity index (χ3v) is 6.74. The van der Waals surface area contributed by atoms with Crippen molar-refractivity contribution in [3.63, 3.8) is 0 Å². The molecule has 11 heteroatoms. The third-order valence-electron chi connectivity index (χ3n) is 6.51. The highest BCUT2D eigenvalue weighted by Crippen LogP contribution is 2.29. The summed E-state index contributed by atoms with van der Waals surface area (Å²) >= 11 is 6.13. The van der Waals surface area contributed by atoms with Gasteiger partial charge in [0.2, 0.25) is 0 Å². The van der Waals surface area contributed by atoms with Gasteiger partial charge in [0.15, 0.2) is 0 Å². The molecule has 1 saturated heterocycles. The smallest absolute Gasteiger partial charge is 0.333 e. The molecule has 4 aromatic rings. The van der Waals surface area contributed by atoms with Crippen LogP contribution in [-0.4, -0.2) is 58.0 Å². The number of nitrogens with one attached hydrogen (secondary N) is 4. The summed E-state index contributed by atoms with van der Waals surface area (Å²) < 4.78 is 0. The molecule has 0 aliphatic carbocycles. The van der Waals surface area contributed by atoms with Gasteiger partial charge in [-0.15, -0.1) is 0 Å². The van der Waals surface area contributed by atoms with Gasteiger partial charge in [0.05, 0.1) is 11.1 Å². The molecule has 2 aromatic heterocycles. The number of piperidine rings is 1. The van der Waals surface area contributed by atoms with Crippen LogP contribution in [0.15, 0.2) is 67.3 Å². The predicted octanol–water partition coefficient (Wildman–Crippen LogP) is 4.52. The molecule has 5 rings (SSSR count). The van der Waals surface area contributed by atoms with Gasteiger partial charge < -0.3 is 15.5 Å². The lowest BCUT2D eigenvalue weighted by atomic mass is 10.0. The van der Waals surface area contributed by atoms with Crippen molar-refractivity contribution in [1.29, 1.82) is 0 Å². The van der Waals surface area contributed by atoms with Gasteiger partial charge in [-0.1, -0.05) is 30.2 Å². The van der Waals surface area contributed by atoms with Crippen LogP contribution >= 0.6 is 11.6 Å². The second-order valence-electron chi connectivity index (χ2n) is 9.29. The summed E-state index contributed by atoms with van der Waals surface area (Å²) in [5, 5.41) is 7.48. The Morgan fingerprint density at radius 1 is 0.923 bits per heavy atom. The van der Waals surface area contributed by atoms with Crippen molar-refractivity contribution in [3.05, 3.63) is 77.8 Å². The largest absolute Gasteiger partial charge is 0.340 e. The number of urea groups is 1. The molecule has 3 amide bonds. The molecule has 200 valence electrons. The van der Waals surface area contributed by atoms with Crippen LogP contribution < -0.4 is 21.5 Å². The first-order valence-corrected chi connectivity index (χ1v) is 13.2. The number of hydrogen-bond donors (Lipinski definition) is 4. The minimum atomic E-state index is -0.469. The number of likely N-dealkylation sites (tertiary alicyclic amines) is 1. The Hall–Kier alpha value is -4.28. The molecule has 10 nitrogen and oxygen atoms in total. The maximum absolute atomic E-state index is 12.7. The number of nitrogens with zero attached hydrogens (tertiary/aromatic N) is 4. The Morgan fingerprint density at radius 2 is 1.79 bits per heavy atom. The monoisotopic (exact) mass is 544 g/mol. The zero-order chi connectivity index (χ0) is 27.0. The van der Waals surface area contributed by atoms with E-state index in [0.717, 1.165) is 47.4 Å². The van der Waals surface area contributed by atoms with Crippen molar-refractivity contribution >= 4 is 45.9 Å². The molecular weight excluding hydrogens is 516 g/mol. The van der Waals surface area contributed by atoms with Crippen LogP contribution in [0.4, 0.5) is 16.3 Å². The molecule has 0 unspecified atom stereocenters. The Labute approximate surface area is 231 Å². The first kappa shape index (κ1) is 26.3. The fourth-order valence-electron chi connectivity index (χ4n) is 4.50.